The fraction of sp³-hybridized carbons (Fsp3) is 0.333. The molecule has 0 saturated heterocycles. The molecule has 0 radical (unpaired) electrons. The molecule has 5 heavy (non-hydrogen) atoms. The molecule has 0 bridgehead atoms. The SMILES string of the molecule is [Na][CH]=CCCl. The van der Waals surface area contributed by atoms with Crippen LogP contribution < -0.4 is 0 Å². The number of alkyl halides is 1. The van der Waals surface area contributed by atoms with Crippen molar-refractivity contribution in [3.05, 3.63) is 9.40 Å². The fourth-order valence-electron chi connectivity index (χ4n) is 0.0891. The van der Waals surface area contributed by atoms with Crippen molar-refractivity contribution in [3.63, 3.8) is 0 Å². The first-order chi connectivity index (χ1) is 2.41. The van der Waals surface area contributed by atoms with E-state index in [4.69, 9.17) is 11.6 Å². The molecule has 24 valence electrons. The molecule has 0 amide bonds. The van der Waals surface area contributed by atoms with Crippen LogP contribution in [-0.4, -0.2) is 33.8 Å². The van der Waals surface area contributed by atoms with Gasteiger partial charge in [-0.2, -0.15) is 0 Å². The molecular formula is C3H4ClNa. The summed E-state index contributed by atoms with van der Waals surface area (Å²) in [6.45, 7) is 0. The maximum absolute atomic E-state index is 5.24. The van der Waals surface area contributed by atoms with E-state index in [1.165, 1.54) is 0 Å². The van der Waals surface area contributed by atoms with Crippen LogP contribution in [0.2, 0.25) is 0 Å². The predicted octanol–water partition coefficient (Wildman–Crippen LogP) is 0.907. The Bertz CT molecular complexity index is 33.9. The van der Waals surface area contributed by atoms with Crippen molar-refractivity contribution in [2.75, 3.05) is 5.88 Å². The Morgan fingerprint density at radius 3 is 2.40 bits per heavy atom. The van der Waals surface area contributed by atoms with E-state index in [0.29, 0.717) is 5.88 Å². The van der Waals surface area contributed by atoms with Gasteiger partial charge in [0.1, 0.15) is 0 Å². The molecule has 0 spiro atoms. The number of halogens is 1. The van der Waals surface area contributed by atoms with Crippen molar-refractivity contribution in [2.45, 2.75) is 0 Å². The van der Waals surface area contributed by atoms with E-state index in [1.807, 2.05) is 6.08 Å². The summed E-state index contributed by atoms with van der Waals surface area (Å²) in [5.74, 6) is 0.670. The predicted molar refractivity (Wildman–Crippen MR) is 25.6 cm³/mol. The van der Waals surface area contributed by atoms with Crippen molar-refractivity contribution in [1.29, 1.82) is 0 Å². The molecule has 0 atom stereocenters. The van der Waals surface area contributed by atoms with Gasteiger partial charge in [-0.1, -0.05) is 0 Å². The minimum absolute atomic E-state index is 0.670. The second-order valence-corrected chi connectivity index (χ2v) is 1.70. The van der Waals surface area contributed by atoms with Crippen LogP contribution in [0.4, 0.5) is 0 Å². The first-order valence-corrected chi connectivity index (χ1v) is 3.28. The molecule has 0 heterocycles. The molecule has 0 aromatic rings. The fourth-order valence-corrected chi connectivity index (χ4v) is 0.802. The Balaban J connectivity index is 2.62. The third kappa shape index (κ3) is 5.03. The maximum atomic E-state index is 5.24. The van der Waals surface area contributed by atoms with Crippen molar-refractivity contribution in [3.8, 4) is 0 Å². The van der Waals surface area contributed by atoms with Gasteiger partial charge < -0.3 is 0 Å². The van der Waals surface area contributed by atoms with Gasteiger partial charge in [0.15, 0.2) is 0 Å². The molecule has 2 heteroatoms. The number of rotatable bonds is 1. The first-order valence-electron chi connectivity index (χ1n) is 1.59. The van der Waals surface area contributed by atoms with Gasteiger partial charge in [-0.05, 0) is 0 Å². The topological polar surface area (TPSA) is 0 Å². The van der Waals surface area contributed by atoms with E-state index < -0.39 is 0 Å². The van der Waals surface area contributed by atoms with Crippen molar-refractivity contribution < 1.29 is 0 Å². The first kappa shape index (κ1) is 6.03. The van der Waals surface area contributed by atoms with E-state index in [2.05, 4.69) is 3.33 Å². The summed E-state index contributed by atoms with van der Waals surface area (Å²) < 4.78 is 2.06. The third-order valence-electron chi connectivity index (χ3n) is 0.325. The van der Waals surface area contributed by atoms with Gasteiger partial charge in [0.05, 0.1) is 0 Å². The molecule has 0 unspecified atom stereocenters. The van der Waals surface area contributed by atoms with E-state index in [-0.39, 0.29) is 0 Å². The van der Waals surface area contributed by atoms with Crippen LogP contribution in [0, 0.1) is 0 Å². The molecule has 0 aliphatic heterocycles. The Morgan fingerprint density at radius 1 is 1.80 bits per heavy atom. The summed E-state index contributed by atoms with van der Waals surface area (Å²) in [5, 5.41) is 0. The number of allylic oxidation sites excluding steroid dienone is 1. The molecule has 0 N–H and O–H groups in total. The van der Waals surface area contributed by atoms with Crippen LogP contribution in [0.1, 0.15) is 0 Å². The standard InChI is InChI=1S/C3H4Cl.Na/c1-2-3-4;/h1-2H,3H2;. The molecule has 0 aromatic heterocycles. The molecule has 0 aliphatic rings. The summed E-state index contributed by atoms with van der Waals surface area (Å²) in [6.07, 6.45) is 1.95. The average Bonchev–Trinajstić information content (AvgIpc) is 1.41. The van der Waals surface area contributed by atoms with E-state index in [9.17, 15) is 0 Å². The van der Waals surface area contributed by atoms with Gasteiger partial charge in [0.25, 0.3) is 0 Å². The van der Waals surface area contributed by atoms with E-state index in [1.54, 1.807) is 0 Å². The summed E-state index contributed by atoms with van der Waals surface area (Å²) in [5.41, 5.74) is 0. The Morgan fingerprint density at radius 2 is 2.40 bits per heavy atom. The molecule has 0 saturated carbocycles. The van der Waals surface area contributed by atoms with Crippen LogP contribution in [0.5, 0.6) is 0 Å². The van der Waals surface area contributed by atoms with Gasteiger partial charge in [-0.15, -0.1) is 0 Å². The molecule has 0 aromatic carbocycles. The van der Waals surface area contributed by atoms with Crippen molar-refractivity contribution in [1.82, 2.24) is 0 Å². The second-order valence-electron chi connectivity index (χ2n) is 0.723. The monoisotopic (exact) mass is 98.0 g/mol. The van der Waals surface area contributed by atoms with Crippen LogP contribution in [0.3, 0.4) is 0 Å². The van der Waals surface area contributed by atoms with Gasteiger partial charge >= 0.3 is 54.8 Å². The van der Waals surface area contributed by atoms with Crippen molar-refractivity contribution in [2.24, 2.45) is 0 Å². The van der Waals surface area contributed by atoms with E-state index in [0.717, 1.165) is 27.9 Å². The zero-order chi connectivity index (χ0) is 4.12. The van der Waals surface area contributed by atoms with Gasteiger partial charge in [0, 0.05) is 0 Å². The van der Waals surface area contributed by atoms with Crippen LogP contribution in [-0.2, 0) is 0 Å². The molecule has 0 rings (SSSR count). The average molecular weight is 98.5 g/mol. The van der Waals surface area contributed by atoms with Gasteiger partial charge in [-0.25, -0.2) is 0 Å². The molecular weight excluding hydrogens is 94.5 g/mol. The quantitative estimate of drug-likeness (QED) is 0.338. The normalized spacial score (nSPS) is 10.2. The Hall–Kier alpha value is 1.03. The Labute approximate surface area is 54.6 Å². The third-order valence-corrected chi connectivity index (χ3v) is 0.974. The number of hydrogen-bond acceptors (Lipinski definition) is 0. The summed E-state index contributed by atoms with van der Waals surface area (Å²) in [4.78, 5) is 0. The van der Waals surface area contributed by atoms with E-state index >= 15 is 0 Å². The molecule has 0 nitrogen and oxygen atoms in total. The zero-order valence-electron chi connectivity index (χ0n) is 3.24. The Kier molecular flexibility index (Phi) is 6.07. The summed E-state index contributed by atoms with van der Waals surface area (Å²) >= 11 is 6.37. The van der Waals surface area contributed by atoms with Gasteiger partial charge in [0.2, 0.25) is 0 Å². The van der Waals surface area contributed by atoms with Crippen LogP contribution in [0.15, 0.2) is 9.40 Å². The molecule has 0 fully saturated rings. The van der Waals surface area contributed by atoms with Crippen molar-refractivity contribution >= 4 is 39.5 Å². The second kappa shape index (κ2) is 5.03. The van der Waals surface area contributed by atoms with Crippen LogP contribution >= 0.6 is 11.6 Å². The van der Waals surface area contributed by atoms with Crippen LogP contribution in [0.25, 0.3) is 0 Å². The molecule has 0 aliphatic carbocycles. The zero-order valence-corrected chi connectivity index (χ0v) is 6.00. The summed E-state index contributed by atoms with van der Waals surface area (Å²) in [6, 6.07) is 0. The summed E-state index contributed by atoms with van der Waals surface area (Å²) in [7, 11) is 0. The minimum atomic E-state index is 0.670. The number of hydrogen-bond donors (Lipinski definition) is 0. The van der Waals surface area contributed by atoms with Gasteiger partial charge in [-0.3, -0.25) is 0 Å².